The summed E-state index contributed by atoms with van der Waals surface area (Å²) in [5, 5.41) is 20.9. The van der Waals surface area contributed by atoms with Gasteiger partial charge in [-0.05, 0) is 18.9 Å². The summed E-state index contributed by atoms with van der Waals surface area (Å²) in [5.74, 6) is -1.00. The van der Waals surface area contributed by atoms with E-state index in [9.17, 15) is 15.0 Å². The van der Waals surface area contributed by atoms with Crippen LogP contribution in [-0.2, 0) is 14.3 Å². The number of carbonyl (C=O) groups excluding carboxylic acids is 1. The Morgan fingerprint density at radius 2 is 2.13 bits per heavy atom. The first kappa shape index (κ1) is 18.4. The minimum Gasteiger partial charge on any atom is -0.459 e. The molecule has 2 aliphatic heterocycles. The molecule has 1 fully saturated rings. The van der Waals surface area contributed by atoms with Gasteiger partial charge < -0.3 is 24.2 Å². The Morgan fingerprint density at radius 3 is 2.70 bits per heavy atom. The zero-order valence-corrected chi connectivity index (χ0v) is 14.8. The number of hydrogen-bond donors (Lipinski definition) is 2. The topological polar surface area (TPSA) is 76.0 Å². The van der Waals surface area contributed by atoms with Crippen LogP contribution in [0.1, 0.15) is 27.2 Å². The van der Waals surface area contributed by atoms with E-state index in [1.807, 2.05) is 0 Å². The van der Waals surface area contributed by atoms with Gasteiger partial charge in [0.2, 0.25) is 0 Å². The molecule has 5 atom stereocenters. The number of hydrogen-bond acceptors (Lipinski definition) is 5. The number of nitrogens with zero attached hydrogens (tertiary/aromatic N) is 1. The van der Waals surface area contributed by atoms with E-state index in [1.54, 1.807) is 20.8 Å². The van der Waals surface area contributed by atoms with Crippen LogP contribution in [0.15, 0.2) is 11.6 Å². The van der Waals surface area contributed by atoms with Crippen LogP contribution in [-0.4, -0.2) is 78.4 Å². The molecule has 1 saturated heterocycles. The number of aliphatic hydroxyl groups excluding tert-OH is 1. The predicted octanol–water partition coefficient (Wildman–Crippen LogP) is 0.471. The van der Waals surface area contributed by atoms with Gasteiger partial charge in [-0.3, -0.25) is 0 Å². The van der Waals surface area contributed by atoms with Crippen molar-refractivity contribution in [3.63, 3.8) is 0 Å². The maximum atomic E-state index is 12.5. The van der Waals surface area contributed by atoms with Crippen LogP contribution in [0.4, 0.5) is 0 Å². The van der Waals surface area contributed by atoms with E-state index >= 15 is 0 Å². The number of carbonyl (C=O) groups is 1. The zero-order valence-electron chi connectivity index (χ0n) is 14.8. The Kier molecular flexibility index (Phi) is 5.21. The van der Waals surface area contributed by atoms with Crippen molar-refractivity contribution in [2.45, 2.75) is 51.0 Å². The molecule has 6 heteroatoms. The standard InChI is InChI=1S/C17H30NO5/c1-11(2)17(21,12(3)22-5)16(20)23-10-13-6-8-18(4)9-7-14(19)15(13)18/h6,11-12,14-15,19,21H,7-10H2,1-5H3/q+1/t12-,14+,15+,17-,18?/m0/s1. The van der Waals surface area contributed by atoms with E-state index in [1.165, 1.54) is 7.11 Å². The van der Waals surface area contributed by atoms with Gasteiger partial charge in [-0.25, -0.2) is 4.79 Å². The molecule has 0 bridgehead atoms. The van der Waals surface area contributed by atoms with Gasteiger partial charge >= 0.3 is 5.97 Å². The van der Waals surface area contributed by atoms with Gasteiger partial charge in [0.1, 0.15) is 18.8 Å². The lowest BCUT2D eigenvalue weighted by atomic mass is 9.85. The van der Waals surface area contributed by atoms with E-state index < -0.39 is 23.8 Å². The summed E-state index contributed by atoms with van der Waals surface area (Å²) in [5.41, 5.74) is -0.734. The second-order valence-electron chi connectivity index (χ2n) is 7.40. The van der Waals surface area contributed by atoms with Crippen molar-refractivity contribution in [3.05, 3.63) is 11.6 Å². The number of rotatable bonds is 6. The van der Waals surface area contributed by atoms with E-state index in [2.05, 4.69) is 13.1 Å². The highest BCUT2D eigenvalue weighted by Gasteiger charge is 2.51. The molecule has 0 saturated carbocycles. The van der Waals surface area contributed by atoms with E-state index in [0.717, 1.165) is 29.6 Å². The van der Waals surface area contributed by atoms with Gasteiger partial charge in [0.25, 0.3) is 0 Å². The van der Waals surface area contributed by atoms with Crippen LogP contribution >= 0.6 is 0 Å². The molecule has 1 unspecified atom stereocenters. The number of esters is 1. The summed E-state index contributed by atoms with van der Waals surface area (Å²) < 4.78 is 11.4. The lowest BCUT2D eigenvalue weighted by Crippen LogP contribution is -2.54. The van der Waals surface area contributed by atoms with Crippen LogP contribution in [0.2, 0.25) is 0 Å². The minimum absolute atomic E-state index is 0.00482. The SMILES string of the molecule is CO[C@@H](C)[C@](O)(C(=O)OCC1=CC[N+]2(C)CC[C@@H](O)[C@@H]12)C(C)C. The maximum Gasteiger partial charge on any atom is 0.341 e. The molecule has 0 amide bonds. The lowest BCUT2D eigenvalue weighted by molar-refractivity contribution is -0.906. The van der Waals surface area contributed by atoms with Crippen molar-refractivity contribution < 1.29 is 29.0 Å². The van der Waals surface area contributed by atoms with Gasteiger partial charge in [-0.1, -0.05) is 13.8 Å². The molecule has 2 rings (SSSR count). The highest BCUT2D eigenvalue weighted by Crippen LogP contribution is 2.35. The average Bonchev–Trinajstić information content (AvgIpc) is 2.99. The van der Waals surface area contributed by atoms with Gasteiger partial charge in [-0.15, -0.1) is 0 Å². The van der Waals surface area contributed by atoms with Gasteiger partial charge in [0.05, 0.1) is 26.2 Å². The smallest absolute Gasteiger partial charge is 0.341 e. The van der Waals surface area contributed by atoms with E-state index in [4.69, 9.17) is 9.47 Å². The number of likely N-dealkylation sites (N-methyl/N-ethyl adjacent to an activating group) is 1. The van der Waals surface area contributed by atoms with Crippen molar-refractivity contribution in [2.24, 2.45) is 5.92 Å². The molecule has 0 aromatic heterocycles. The summed E-state index contributed by atoms with van der Waals surface area (Å²) >= 11 is 0. The Bertz CT molecular complexity index is 491. The molecule has 2 aliphatic rings. The normalized spacial score (nSPS) is 34.0. The lowest BCUT2D eigenvalue weighted by Gasteiger charge is -2.35. The molecule has 0 aliphatic carbocycles. The highest BCUT2D eigenvalue weighted by atomic mass is 16.6. The third-order valence-electron chi connectivity index (χ3n) is 5.67. The predicted molar refractivity (Wildman–Crippen MR) is 85.6 cm³/mol. The fourth-order valence-corrected chi connectivity index (χ4v) is 3.90. The molecule has 0 aromatic rings. The Hall–Kier alpha value is -0.950. The number of fused-ring (bicyclic) bond motifs is 1. The molecular formula is C17H30NO5+. The van der Waals surface area contributed by atoms with Gasteiger partial charge in [0, 0.05) is 19.1 Å². The number of aliphatic hydroxyl groups is 2. The van der Waals surface area contributed by atoms with Crippen molar-refractivity contribution in [2.75, 3.05) is 33.9 Å². The molecular weight excluding hydrogens is 298 g/mol. The Labute approximate surface area is 138 Å². The van der Waals surface area contributed by atoms with Crippen molar-refractivity contribution in [1.82, 2.24) is 0 Å². The average molecular weight is 328 g/mol. The monoisotopic (exact) mass is 328 g/mol. The van der Waals surface area contributed by atoms with Crippen molar-refractivity contribution >= 4 is 5.97 Å². The molecule has 2 heterocycles. The van der Waals surface area contributed by atoms with Crippen LogP contribution in [0.5, 0.6) is 0 Å². The van der Waals surface area contributed by atoms with Gasteiger partial charge in [0.15, 0.2) is 5.60 Å². The maximum absolute atomic E-state index is 12.5. The Morgan fingerprint density at radius 1 is 1.48 bits per heavy atom. The van der Waals surface area contributed by atoms with Crippen LogP contribution in [0.3, 0.4) is 0 Å². The summed E-state index contributed by atoms with van der Waals surface area (Å²) in [4.78, 5) is 12.5. The number of ether oxygens (including phenoxy) is 2. The second kappa shape index (κ2) is 6.51. The largest absolute Gasteiger partial charge is 0.459 e. The van der Waals surface area contributed by atoms with Crippen LogP contribution in [0, 0.1) is 5.92 Å². The second-order valence-corrected chi connectivity index (χ2v) is 7.40. The third-order valence-corrected chi connectivity index (χ3v) is 5.67. The van der Waals surface area contributed by atoms with Crippen molar-refractivity contribution in [3.8, 4) is 0 Å². The van der Waals surface area contributed by atoms with Crippen LogP contribution in [0.25, 0.3) is 0 Å². The molecule has 0 radical (unpaired) electrons. The number of methoxy groups -OCH3 is 1. The first-order valence-electron chi connectivity index (χ1n) is 8.30. The van der Waals surface area contributed by atoms with Crippen LogP contribution < -0.4 is 0 Å². The van der Waals surface area contributed by atoms with E-state index in [0.29, 0.717) is 0 Å². The molecule has 23 heavy (non-hydrogen) atoms. The summed E-state index contributed by atoms with van der Waals surface area (Å²) in [7, 11) is 3.58. The first-order chi connectivity index (χ1) is 10.7. The molecule has 2 N–H and O–H groups in total. The fraction of sp³-hybridized carbons (Fsp3) is 0.824. The summed E-state index contributed by atoms with van der Waals surface area (Å²) in [6.07, 6.45) is 1.76. The molecule has 0 spiro atoms. The van der Waals surface area contributed by atoms with Crippen molar-refractivity contribution in [1.29, 1.82) is 0 Å². The van der Waals surface area contributed by atoms with Gasteiger partial charge in [-0.2, -0.15) is 0 Å². The fourth-order valence-electron chi connectivity index (χ4n) is 3.90. The quantitative estimate of drug-likeness (QED) is 0.421. The zero-order chi connectivity index (χ0) is 17.4. The summed E-state index contributed by atoms with van der Waals surface area (Å²) in [6.45, 7) is 7.07. The Balaban J connectivity index is 2.04. The summed E-state index contributed by atoms with van der Waals surface area (Å²) in [6, 6.07) is -0.00482. The first-order valence-corrected chi connectivity index (χ1v) is 8.30. The molecule has 6 nitrogen and oxygen atoms in total. The highest BCUT2D eigenvalue weighted by molar-refractivity contribution is 5.80. The molecule has 132 valence electrons. The third kappa shape index (κ3) is 3.05. The van der Waals surface area contributed by atoms with E-state index in [-0.39, 0.29) is 18.6 Å². The minimum atomic E-state index is -1.68. The number of quaternary nitrogens is 1. The molecule has 0 aromatic carbocycles.